The van der Waals surface area contributed by atoms with Crippen molar-refractivity contribution in [2.45, 2.75) is 13.0 Å². The zero-order chi connectivity index (χ0) is 10.9. The lowest BCUT2D eigenvalue weighted by atomic mass is 10.3. The Hall–Kier alpha value is -1.14. The largest absolute Gasteiger partial charge is 0.388 e. The van der Waals surface area contributed by atoms with Crippen molar-refractivity contribution in [3.63, 3.8) is 0 Å². The van der Waals surface area contributed by atoms with E-state index in [4.69, 9.17) is 0 Å². The molecule has 0 aliphatic carbocycles. The van der Waals surface area contributed by atoms with Crippen molar-refractivity contribution in [2.75, 3.05) is 19.0 Å². The highest BCUT2D eigenvalue weighted by Crippen LogP contribution is 2.38. The first-order valence-corrected chi connectivity index (χ1v) is 4.88. The van der Waals surface area contributed by atoms with Crippen LogP contribution >= 0.6 is 11.3 Å². The van der Waals surface area contributed by atoms with Gasteiger partial charge < -0.3 is 10.0 Å². The molecule has 0 amide bonds. The smallest absolute Gasteiger partial charge is 0.304 e. The van der Waals surface area contributed by atoms with E-state index in [0.717, 1.165) is 0 Å². The quantitative estimate of drug-likeness (QED) is 0.617. The molecule has 1 aromatic rings. The molecule has 0 bridgehead atoms. The number of nitro groups is 1. The van der Waals surface area contributed by atoms with E-state index in [1.54, 1.807) is 25.9 Å². The summed E-state index contributed by atoms with van der Waals surface area (Å²) in [6.45, 7) is 1.59. The van der Waals surface area contributed by atoms with Gasteiger partial charge in [0, 0.05) is 25.0 Å². The second-order valence-electron chi connectivity index (χ2n) is 3.17. The van der Waals surface area contributed by atoms with Gasteiger partial charge in [0.05, 0.1) is 11.0 Å². The summed E-state index contributed by atoms with van der Waals surface area (Å²) in [5.74, 6) is 0. The summed E-state index contributed by atoms with van der Waals surface area (Å²) >= 11 is 1.24. The summed E-state index contributed by atoms with van der Waals surface area (Å²) in [7, 11) is 3.48. The minimum absolute atomic E-state index is 0.0518. The summed E-state index contributed by atoms with van der Waals surface area (Å²) < 4.78 is 0. The molecule has 0 radical (unpaired) electrons. The molecule has 1 atom stereocenters. The van der Waals surface area contributed by atoms with Crippen molar-refractivity contribution in [1.29, 1.82) is 0 Å². The predicted octanol–water partition coefficient (Wildman–Crippen LogP) is 1.78. The third-order valence-electron chi connectivity index (χ3n) is 1.73. The van der Waals surface area contributed by atoms with Gasteiger partial charge in [0.15, 0.2) is 5.00 Å². The first kappa shape index (κ1) is 10.9. The van der Waals surface area contributed by atoms with E-state index in [9.17, 15) is 15.2 Å². The number of aliphatic hydroxyl groups excluding tert-OH is 1. The van der Waals surface area contributed by atoms with Gasteiger partial charge >= 0.3 is 5.69 Å². The molecule has 5 nitrogen and oxygen atoms in total. The number of thiophene rings is 1. The van der Waals surface area contributed by atoms with E-state index < -0.39 is 11.0 Å². The van der Waals surface area contributed by atoms with Gasteiger partial charge in [-0.1, -0.05) is 0 Å². The molecular weight excluding hydrogens is 204 g/mol. The minimum atomic E-state index is -0.660. The Morgan fingerprint density at radius 1 is 1.64 bits per heavy atom. The fourth-order valence-electron chi connectivity index (χ4n) is 1.05. The maximum Gasteiger partial charge on any atom is 0.304 e. The highest BCUT2D eigenvalue weighted by molar-refractivity contribution is 7.16. The van der Waals surface area contributed by atoms with Gasteiger partial charge in [-0.3, -0.25) is 10.1 Å². The third kappa shape index (κ3) is 2.02. The summed E-state index contributed by atoms with van der Waals surface area (Å²) in [6, 6.07) is 1.42. The summed E-state index contributed by atoms with van der Waals surface area (Å²) in [6.07, 6.45) is -0.660. The van der Waals surface area contributed by atoms with E-state index in [0.29, 0.717) is 9.88 Å². The molecule has 0 aliphatic heterocycles. The van der Waals surface area contributed by atoms with Crippen LogP contribution in [-0.4, -0.2) is 24.1 Å². The number of hydrogen-bond donors (Lipinski definition) is 1. The molecule has 1 N–H and O–H groups in total. The molecule has 0 fully saturated rings. The van der Waals surface area contributed by atoms with Crippen LogP contribution in [-0.2, 0) is 0 Å². The third-order valence-corrected chi connectivity index (χ3v) is 3.19. The Kier molecular flexibility index (Phi) is 3.07. The van der Waals surface area contributed by atoms with E-state index >= 15 is 0 Å². The van der Waals surface area contributed by atoms with Crippen LogP contribution < -0.4 is 4.90 Å². The van der Waals surface area contributed by atoms with Crippen LogP contribution in [0.2, 0.25) is 0 Å². The summed E-state index contributed by atoms with van der Waals surface area (Å²) in [5, 5.41) is 20.5. The van der Waals surface area contributed by atoms with Crippen molar-refractivity contribution in [3.05, 3.63) is 21.1 Å². The normalized spacial score (nSPS) is 12.6. The van der Waals surface area contributed by atoms with E-state index in [2.05, 4.69) is 0 Å². The maximum absolute atomic E-state index is 10.7. The van der Waals surface area contributed by atoms with Gasteiger partial charge in [-0.15, -0.1) is 11.3 Å². The van der Waals surface area contributed by atoms with E-state index in [1.807, 2.05) is 0 Å². The summed E-state index contributed by atoms with van der Waals surface area (Å²) in [4.78, 5) is 12.5. The van der Waals surface area contributed by atoms with Crippen molar-refractivity contribution in [3.8, 4) is 0 Å². The number of anilines is 1. The fourth-order valence-corrected chi connectivity index (χ4v) is 2.03. The van der Waals surface area contributed by atoms with Crippen LogP contribution in [0, 0.1) is 10.1 Å². The maximum atomic E-state index is 10.7. The topological polar surface area (TPSA) is 66.6 Å². The van der Waals surface area contributed by atoms with Gasteiger partial charge in [0.2, 0.25) is 0 Å². The van der Waals surface area contributed by atoms with Gasteiger partial charge in [0.1, 0.15) is 0 Å². The molecule has 1 rings (SSSR count). The Morgan fingerprint density at radius 3 is 2.50 bits per heavy atom. The number of rotatable bonds is 3. The molecule has 0 saturated heterocycles. The van der Waals surface area contributed by atoms with Crippen LogP contribution in [0.4, 0.5) is 10.7 Å². The van der Waals surface area contributed by atoms with Crippen molar-refractivity contribution in [2.24, 2.45) is 0 Å². The Morgan fingerprint density at radius 2 is 2.21 bits per heavy atom. The minimum Gasteiger partial charge on any atom is -0.388 e. The number of hydrogen-bond acceptors (Lipinski definition) is 5. The highest BCUT2D eigenvalue weighted by atomic mass is 32.1. The molecule has 0 saturated carbocycles. The van der Waals surface area contributed by atoms with E-state index in [-0.39, 0.29) is 5.69 Å². The molecule has 0 unspecified atom stereocenters. The lowest BCUT2D eigenvalue weighted by molar-refractivity contribution is -0.383. The zero-order valence-corrected chi connectivity index (χ0v) is 9.04. The number of aliphatic hydroxyl groups is 1. The van der Waals surface area contributed by atoms with Crippen molar-refractivity contribution >= 4 is 22.0 Å². The molecule has 0 aliphatic rings. The molecule has 1 heterocycles. The van der Waals surface area contributed by atoms with Crippen LogP contribution in [0.1, 0.15) is 17.9 Å². The van der Waals surface area contributed by atoms with Crippen LogP contribution in [0.25, 0.3) is 0 Å². The standard InChI is InChI=1S/C8H12N2O3S/c1-5(11)7-4-6(10(12)13)8(14-7)9(2)3/h4-5,11H,1-3H3/t5-/m0/s1. The SMILES string of the molecule is C[C@H](O)c1cc([N+](=O)[O-])c(N(C)C)s1. The molecular formula is C8H12N2O3S. The molecule has 1 aromatic heterocycles. The second-order valence-corrected chi connectivity index (χ2v) is 4.23. The predicted molar refractivity (Wildman–Crippen MR) is 55.9 cm³/mol. The summed E-state index contributed by atoms with van der Waals surface area (Å²) in [5.41, 5.74) is 0.0518. The molecule has 0 aromatic carbocycles. The molecule has 6 heteroatoms. The van der Waals surface area contributed by atoms with Gasteiger partial charge in [-0.2, -0.15) is 0 Å². The first-order valence-electron chi connectivity index (χ1n) is 4.07. The van der Waals surface area contributed by atoms with Crippen molar-refractivity contribution in [1.82, 2.24) is 0 Å². The second kappa shape index (κ2) is 3.93. The van der Waals surface area contributed by atoms with Gasteiger partial charge in [-0.25, -0.2) is 0 Å². The lowest BCUT2D eigenvalue weighted by Crippen LogP contribution is -2.08. The first-order chi connectivity index (χ1) is 6.43. The molecule has 78 valence electrons. The van der Waals surface area contributed by atoms with Gasteiger partial charge in [-0.05, 0) is 6.92 Å². The van der Waals surface area contributed by atoms with Crippen LogP contribution in [0.15, 0.2) is 6.07 Å². The Bertz CT molecular complexity index is 346. The Labute approximate surface area is 85.7 Å². The molecule has 14 heavy (non-hydrogen) atoms. The average molecular weight is 216 g/mol. The van der Waals surface area contributed by atoms with E-state index in [1.165, 1.54) is 17.4 Å². The zero-order valence-electron chi connectivity index (χ0n) is 8.22. The number of nitrogens with zero attached hydrogens (tertiary/aromatic N) is 2. The average Bonchev–Trinajstić information content (AvgIpc) is 2.47. The Balaban J connectivity index is 3.19. The highest BCUT2D eigenvalue weighted by Gasteiger charge is 2.21. The van der Waals surface area contributed by atoms with Crippen molar-refractivity contribution < 1.29 is 10.0 Å². The monoisotopic (exact) mass is 216 g/mol. The molecule has 0 spiro atoms. The van der Waals surface area contributed by atoms with Crippen LogP contribution in [0.5, 0.6) is 0 Å². The van der Waals surface area contributed by atoms with Crippen LogP contribution in [0.3, 0.4) is 0 Å². The lowest BCUT2D eigenvalue weighted by Gasteiger charge is -2.07. The van der Waals surface area contributed by atoms with Gasteiger partial charge in [0.25, 0.3) is 0 Å². The fraction of sp³-hybridized carbons (Fsp3) is 0.500.